The molecule has 2 amide bonds. The van der Waals surface area contributed by atoms with E-state index in [1.165, 1.54) is 24.4 Å². The monoisotopic (exact) mass is 659 g/mol. The summed E-state index contributed by atoms with van der Waals surface area (Å²) in [5.74, 6) is -0.338. The van der Waals surface area contributed by atoms with Crippen LogP contribution >= 0.6 is 0 Å². The Morgan fingerprint density at radius 2 is 1.70 bits per heavy atom. The number of aromatic nitrogens is 1. The highest BCUT2D eigenvalue weighted by Gasteiger charge is 2.26. The van der Waals surface area contributed by atoms with Gasteiger partial charge in [0, 0.05) is 61.7 Å². The number of nitrogens with one attached hydrogen (secondary N) is 1. The average molecular weight is 660 g/mol. The van der Waals surface area contributed by atoms with Crippen molar-refractivity contribution in [3.63, 3.8) is 0 Å². The molecule has 248 valence electrons. The number of nitrogens with zero attached hydrogens (tertiary/aromatic N) is 3. The molecule has 1 aliphatic rings. The van der Waals surface area contributed by atoms with E-state index in [2.05, 4.69) is 15.2 Å². The number of hydrogen-bond donors (Lipinski definition) is 3. The van der Waals surface area contributed by atoms with Crippen LogP contribution in [0, 0.1) is 6.92 Å². The molecule has 1 aromatic heterocycles. The zero-order valence-corrected chi connectivity index (χ0v) is 27.6. The summed E-state index contributed by atoms with van der Waals surface area (Å²) in [6.07, 6.45) is 5.34. The van der Waals surface area contributed by atoms with Crippen LogP contribution in [0.3, 0.4) is 0 Å². The number of benzene rings is 3. The van der Waals surface area contributed by atoms with E-state index in [-0.39, 0.29) is 27.9 Å². The van der Waals surface area contributed by atoms with E-state index >= 15 is 0 Å². The molecule has 4 aromatic rings. The molecule has 0 atom stereocenters. The number of unbranched alkanes of at least 4 members (excludes halogenated alkanes) is 3. The fraction of sp³-hybridized carbons (Fsp3) is 0.343. The number of hydrogen-bond acceptors (Lipinski definition) is 9. The van der Waals surface area contributed by atoms with E-state index in [1.807, 2.05) is 0 Å². The smallest absolute Gasteiger partial charge is 0.253 e. The Morgan fingerprint density at radius 3 is 2.43 bits per heavy atom. The van der Waals surface area contributed by atoms with Crippen molar-refractivity contribution in [2.45, 2.75) is 42.4 Å². The Balaban J connectivity index is 1.41. The number of amides is 2. The number of aliphatic hydroxyl groups is 1. The molecule has 0 saturated carbocycles. The van der Waals surface area contributed by atoms with E-state index in [0.29, 0.717) is 52.2 Å². The second-order valence-electron chi connectivity index (χ2n) is 11.7. The molecule has 1 fully saturated rings. The van der Waals surface area contributed by atoms with E-state index < -0.39 is 15.7 Å². The van der Waals surface area contributed by atoms with Gasteiger partial charge in [0.25, 0.3) is 11.8 Å². The number of sulfone groups is 1. The third-order valence-corrected chi connectivity index (χ3v) is 10.2. The zero-order valence-electron chi connectivity index (χ0n) is 26.7. The molecule has 0 spiro atoms. The molecule has 0 unspecified atom stereocenters. The van der Waals surface area contributed by atoms with Crippen LogP contribution in [-0.2, 0) is 9.84 Å². The maximum absolute atomic E-state index is 14.1. The number of aryl methyl sites for hydroxylation is 1. The molecule has 47 heavy (non-hydrogen) atoms. The van der Waals surface area contributed by atoms with Gasteiger partial charge in [-0.15, -0.1) is 0 Å². The minimum atomic E-state index is -4.09. The standard InChI is InChI=1S/C35H41N5O6S/c1-24-19-29(22-30-32(24)37-23-31(34(36)42)33(30)38-26-10-8-11-27(21-26)46-2)47(44,45)28-12-7-9-25(20-28)35(43)40-16-14-39(15-17-40)13-5-3-4-6-18-41/h7-12,19-23,41H,3-6,13-18H2,1-2H3,(H2,36,42)(H,37,38). The van der Waals surface area contributed by atoms with Crippen molar-refractivity contribution in [1.29, 1.82) is 0 Å². The van der Waals surface area contributed by atoms with E-state index in [0.717, 1.165) is 45.3 Å². The summed E-state index contributed by atoms with van der Waals surface area (Å²) in [5.41, 5.74) is 8.14. The van der Waals surface area contributed by atoms with E-state index in [9.17, 15) is 18.0 Å². The summed E-state index contributed by atoms with van der Waals surface area (Å²) >= 11 is 0. The number of primary amides is 1. The van der Waals surface area contributed by atoms with Crippen molar-refractivity contribution in [2.75, 3.05) is 51.8 Å². The molecule has 0 bridgehead atoms. The second kappa shape index (κ2) is 14.9. The maximum atomic E-state index is 14.1. The topological polar surface area (TPSA) is 155 Å². The van der Waals surface area contributed by atoms with Gasteiger partial charge in [-0.2, -0.15) is 0 Å². The van der Waals surface area contributed by atoms with Crippen molar-refractivity contribution in [2.24, 2.45) is 5.73 Å². The van der Waals surface area contributed by atoms with Crippen molar-refractivity contribution in [1.82, 2.24) is 14.8 Å². The number of carbonyl (C=O) groups is 2. The lowest BCUT2D eigenvalue weighted by Crippen LogP contribution is -2.48. The molecule has 1 aliphatic heterocycles. The van der Waals surface area contributed by atoms with Crippen LogP contribution in [0.15, 0.2) is 76.7 Å². The van der Waals surface area contributed by atoms with Crippen LogP contribution in [0.2, 0.25) is 0 Å². The first-order chi connectivity index (χ1) is 22.6. The van der Waals surface area contributed by atoms with Crippen LogP contribution in [0.4, 0.5) is 11.4 Å². The number of carbonyl (C=O) groups excluding carboxylic acids is 2. The van der Waals surface area contributed by atoms with Crippen LogP contribution in [0.5, 0.6) is 5.75 Å². The first-order valence-corrected chi connectivity index (χ1v) is 17.2. The number of nitrogens with two attached hydrogens (primary N) is 1. The number of fused-ring (bicyclic) bond motifs is 1. The van der Waals surface area contributed by atoms with Crippen LogP contribution in [-0.4, -0.2) is 86.6 Å². The average Bonchev–Trinajstić information content (AvgIpc) is 3.08. The largest absolute Gasteiger partial charge is 0.497 e. The second-order valence-corrected chi connectivity index (χ2v) is 13.7. The Hall–Kier alpha value is -4.52. The molecule has 5 rings (SSSR count). The Labute approximate surface area is 275 Å². The number of anilines is 2. The minimum absolute atomic E-state index is 0.00295. The number of rotatable bonds is 13. The summed E-state index contributed by atoms with van der Waals surface area (Å²) in [6, 6.07) is 16.3. The Bertz CT molecular complexity index is 1870. The molecular formula is C35H41N5O6S. The predicted molar refractivity (Wildman–Crippen MR) is 181 cm³/mol. The van der Waals surface area contributed by atoms with Crippen LogP contribution < -0.4 is 15.8 Å². The first kappa shape index (κ1) is 33.8. The molecule has 0 aliphatic carbocycles. The lowest BCUT2D eigenvalue weighted by molar-refractivity contribution is 0.0634. The summed E-state index contributed by atoms with van der Waals surface area (Å²) in [6.45, 7) is 5.58. The molecule has 2 heterocycles. The zero-order chi connectivity index (χ0) is 33.6. The molecular weight excluding hydrogens is 618 g/mol. The highest BCUT2D eigenvalue weighted by molar-refractivity contribution is 7.91. The maximum Gasteiger partial charge on any atom is 0.253 e. The number of ether oxygens (including phenoxy) is 1. The van der Waals surface area contributed by atoms with E-state index in [4.69, 9.17) is 15.6 Å². The van der Waals surface area contributed by atoms with Gasteiger partial charge in [0.05, 0.1) is 33.7 Å². The fourth-order valence-corrected chi connectivity index (χ4v) is 7.28. The summed E-state index contributed by atoms with van der Waals surface area (Å²) in [5, 5.41) is 12.6. The number of piperazine rings is 1. The normalized spacial score (nSPS) is 13.9. The first-order valence-electron chi connectivity index (χ1n) is 15.7. The van der Waals surface area contributed by atoms with Gasteiger partial charge in [-0.05, 0) is 74.3 Å². The SMILES string of the molecule is COc1cccc(Nc2c(C(N)=O)cnc3c(C)cc(S(=O)(=O)c4cccc(C(=O)N5CCN(CCCCCCO)CC5)c4)cc23)c1. The van der Waals surface area contributed by atoms with E-state index in [1.54, 1.807) is 61.4 Å². The van der Waals surface area contributed by atoms with Crippen molar-refractivity contribution in [3.8, 4) is 5.75 Å². The molecule has 11 nitrogen and oxygen atoms in total. The van der Waals surface area contributed by atoms with Crippen molar-refractivity contribution >= 4 is 43.9 Å². The van der Waals surface area contributed by atoms with Crippen molar-refractivity contribution in [3.05, 3.63) is 83.6 Å². The number of aliphatic hydroxyl groups excluding tert-OH is 1. The summed E-state index contributed by atoms with van der Waals surface area (Å²) in [7, 11) is -2.54. The van der Waals surface area contributed by atoms with Gasteiger partial charge in [-0.3, -0.25) is 19.5 Å². The van der Waals surface area contributed by atoms with Gasteiger partial charge in [0.1, 0.15) is 5.75 Å². The highest BCUT2D eigenvalue weighted by atomic mass is 32.2. The van der Waals surface area contributed by atoms with Gasteiger partial charge in [0.15, 0.2) is 0 Å². The van der Waals surface area contributed by atoms with Gasteiger partial charge < -0.3 is 25.8 Å². The quantitative estimate of drug-likeness (QED) is 0.176. The van der Waals surface area contributed by atoms with Gasteiger partial charge in [0.2, 0.25) is 9.84 Å². The summed E-state index contributed by atoms with van der Waals surface area (Å²) < 4.78 is 33.5. The lowest BCUT2D eigenvalue weighted by Gasteiger charge is -2.34. The predicted octanol–water partition coefficient (Wildman–Crippen LogP) is 4.54. The Morgan fingerprint density at radius 1 is 0.957 bits per heavy atom. The number of pyridine rings is 1. The number of methoxy groups -OCH3 is 1. The minimum Gasteiger partial charge on any atom is -0.497 e. The lowest BCUT2D eigenvalue weighted by atomic mass is 10.1. The molecule has 3 aromatic carbocycles. The van der Waals surface area contributed by atoms with Crippen molar-refractivity contribution < 1.29 is 27.9 Å². The molecule has 0 radical (unpaired) electrons. The molecule has 4 N–H and O–H groups in total. The molecule has 12 heteroatoms. The van der Waals surface area contributed by atoms with Gasteiger partial charge in [-0.1, -0.05) is 25.0 Å². The Kier molecular flexibility index (Phi) is 10.7. The third-order valence-electron chi connectivity index (χ3n) is 8.48. The fourth-order valence-electron chi connectivity index (χ4n) is 5.86. The van der Waals surface area contributed by atoms with Gasteiger partial charge in [-0.25, -0.2) is 8.42 Å². The molecule has 1 saturated heterocycles. The summed E-state index contributed by atoms with van der Waals surface area (Å²) in [4.78, 5) is 34.4. The van der Waals surface area contributed by atoms with Crippen LogP contribution in [0.1, 0.15) is 52.0 Å². The van der Waals surface area contributed by atoms with Gasteiger partial charge >= 0.3 is 0 Å². The highest BCUT2D eigenvalue weighted by Crippen LogP contribution is 2.35. The van der Waals surface area contributed by atoms with Crippen LogP contribution in [0.25, 0.3) is 10.9 Å². The third kappa shape index (κ3) is 7.73.